The Morgan fingerprint density at radius 2 is 1.96 bits per heavy atom. The molecule has 2 heterocycles. The molecule has 9 heteroatoms. The van der Waals surface area contributed by atoms with Gasteiger partial charge in [-0.15, -0.1) is 11.3 Å². The van der Waals surface area contributed by atoms with Crippen molar-refractivity contribution in [3.8, 4) is 11.5 Å². The van der Waals surface area contributed by atoms with Crippen molar-refractivity contribution >= 4 is 27.5 Å². The zero-order valence-electron chi connectivity index (χ0n) is 15.6. The fourth-order valence-electron chi connectivity index (χ4n) is 2.86. The van der Waals surface area contributed by atoms with Gasteiger partial charge in [0.15, 0.2) is 11.5 Å². The van der Waals surface area contributed by atoms with Crippen molar-refractivity contribution in [2.24, 2.45) is 0 Å². The molecule has 0 aliphatic heterocycles. The first-order valence-corrected chi connectivity index (χ1v) is 9.59. The molecule has 0 saturated carbocycles. The summed E-state index contributed by atoms with van der Waals surface area (Å²) in [5, 5.41) is 4.55. The van der Waals surface area contributed by atoms with Crippen LogP contribution in [0.1, 0.15) is 12.0 Å². The Morgan fingerprint density at radius 1 is 1.18 bits per heavy atom. The highest BCUT2D eigenvalue weighted by Gasteiger charge is 2.10. The number of ether oxygens (including phenoxy) is 2. The minimum Gasteiger partial charge on any atom is -0.493 e. The molecule has 0 spiro atoms. The minimum absolute atomic E-state index is 0.0319. The van der Waals surface area contributed by atoms with Crippen molar-refractivity contribution in [2.45, 2.75) is 19.4 Å². The topological polar surface area (TPSA) is 102 Å². The second kappa shape index (κ2) is 8.75. The predicted octanol–water partition coefficient (Wildman–Crippen LogP) is 1.52. The lowest BCUT2D eigenvalue weighted by atomic mass is 10.1. The molecule has 0 aliphatic carbocycles. The highest BCUT2D eigenvalue weighted by Crippen LogP contribution is 2.27. The van der Waals surface area contributed by atoms with Gasteiger partial charge in [0.2, 0.25) is 5.91 Å². The van der Waals surface area contributed by atoms with E-state index in [2.05, 4.69) is 10.3 Å². The summed E-state index contributed by atoms with van der Waals surface area (Å²) in [4.78, 5) is 39.1. The molecule has 148 valence electrons. The molecule has 3 aromatic rings. The molecule has 3 rings (SSSR count). The van der Waals surface area contributed by atoms with Crippen LogP contribution in [-0.2, 0) is 17.8 Å². The number of hydrogen-bond acceptors (Lipinski definition) is 6. The van der Waals surface area contributed by atoms with E-state index in [1.54, 1.807) is 25.7 Å². The highest BCUT2D eigenvalue weighted by molar-refractivity contribution is 7.17. The van der Waals surface area contributed by atoms with E-state index in [0.29, 0.717) is 34.7 Å². The number of carbonyl (C=O) groups excluding carboxylic acids is 1. The molecular weight excluding hydrogens is 382 g/mol. The number of fused-ring (bicyclic) bond motifs is 1. The van der Waals surface area contributed by atoms with Crippen molar-refractivity contribution in [1.82, 2.24) is 14.9 Å². The fraction of sp³-hybridized carbons (Fsp3) is 0.316. The van der Waals surface area contributed by atoms with Crippen LogP contribution >= 0.6 is 11.3 Å². The van der Waals surface area contributed by atoms with Crippen LogP contribution in [-0.4, -0.2) is 36.2 Å². The maximum Gasteiger partial charge on any atom is 0.328 e. The van der Waals surface area contributed by atoms with Crippen molar-refractivity contribution in [2.75, 3.05) is 20.8 Å². The molecule has 0 radical (unpaired) electrons. The van der Waals surface area contributed by atoms with Crippen molar-refractivity contribution < 1.29 is 14.3 Å². The number of methoxy groups -OCH3 is 2. The Kier molecular flexibility index (Phi) is 6.15. The summed E-state index contributed by atoms with van der Waals surface area (Å²) in [6.07, 6.45) is 0.666. The van der Waals surface area contributed by atoms with E-state index in [1.165, 1.54) is 11.3 Å². The summed E-state index contributed by atoms with van der Waals surface area (Å²) in [5.41, 5.74) is 0.644. The van der Waals surface area contributed by atoms with Crippen LogP contribution in [0.5, 0.6) is 11.5 Å². The van der Waals surface area contributed by atoms with E-state index in [4.69, 9.17) is 9.47 Å². The van der Waals surface area contributed by atoms with E-state index in [1.807, 2.05) is 18.2 Å². The SMILES string of the molecule is COc1ccc(CCNC(=O)CCn2c(=O)[nH]c3ccsc3c2=O)cc1OC. The lowest BCUT2D eigenvalue weighted by Crippen LogP contribution is -2.36. The maximum atomic E-state index is 12.3. The summed E-state index contributed by atoms with van der Waals surface area (Å²) in [6, 6.07) is 7.27. The van der Waals surface area contributed by atoms with E-state index in [9.17, 15) is 14.4 Å². The number of nitrogens with zero attached hydrogens (tertiary/aromatic N) is 1. The Balaban J connectivity index is 1.54. The number of nitrogens with one attached hydrogen (secondary N) is 2. The number of carbonyl (C=O) groups is 1. The molecule has 8 nitrogen and oxygen atoms in total. The molecule has 1 aromatic carbocycles. The average molecular weight is 403 g/mol. The van der Waals surface area contributed by atoms with E-state index >= 15 is 0 Å². The third-order valence-corrected chi connectivity index (χ3v) is 5.24. The summed E-state index contributed by atoms with van der Waals surface area (Å²) < 4.78 is 12.0. The summed E-state index contributed by atoms with van der Waals surface area (Å²) >= 11 is 1.26. The van der Waals surface area contributed by atoms with Gasteiger partial charge in [0.25, 0.3) is 5.56 Å². The zero-order chi connectivity index (χ0) is 20.1. The van der Waals surface area contributed by atoms with Crippen LogP contribution < -0.4 is 26.0 Å². The molecule has 0 aliphatic rings. The first-order chi connectivity index (χ1) is 13.5. The molecule has 2 N–H and O–H groups in total. The van der Waals surface area contributed by atoms with Gasteiger partial charge in [-0.3, -0.25) is 14.2 Å². The molecule has 28 heavy (non-hydrogen) atoms. The second-order valence-electron chi connectivity index (χ2n) is 6.09. The van der Waals surface area contributed by atoms with Gasteiger partial charge in [-0.25, -0.2) is 4.79 Å². The van der Waals surface area contributed by atoms with Crippen LogP contribution in [0.15, 0.2) is 39.2 Å². The quantitative estimate of drug-likeness (QED) is 0.594. The van der Waals surface area contributed by atoms with E-state index in [0.717, 1.165) is 10.1 Å². The summed E-state index contributed by atoms with van der Waals surface area (Å²) in [5.74, 6) is 1.06. The third kappa shape index (κ3) is 4.25. The molecule has 0 unspecified atom stereocenters. The van der Waals surface area contributed by atoms with Crippen molar-refractivity contribution in [3.63, 3.8) is 0 Å². The lowest BCUT2D eigenvalue weighted by Gasteiger charge is -2.10. The summed E-state index contributed by atoms with van der Waals surface area (Å²) in [7, 11) is 3.14. The maximum absolute atomic E-state index is 12.3. The Hall–Kier alpha value is -3.07. The van der Waals surface area contributed by atoms with Gasteiger partial charge in [-0.2, -0.15) is 0 Å². The van der Waals surface area contributed by atoms with Crippen LogP contribution in [0.4, 0.5) is 0 Å². The Labute approximate surface area is 164 Å². The number of H-pyrrole nitrogens is 1. The van der Waals surface area contributed by atoms with Gasteiger partial charge < -0.3 is 19.8 Å². The molecule has 0 saturated heterocycles. The van der Waals surface area contributed by atoms with Crippen LogP contribution in [0.25, 0.3) is 10.2 Å². The van der Waals surface area contributed by atoms with Gasteiger partial charge in [0.05, 0.1) is 19.7 Å². The average Bonchev–Trinajstić information content (AvgIpc) is 3.16. The zero-order valence-corrected chi connectivity index (χ0v) is 16.4. The van der Waals surface area contributed by atoms with Gasteiger partial charge in [-0.05, 0) is 35.6 Å². The number of aromatic amines is 1. The standard InChI is InChI=1S/C19H21N3O5S/c1-26-14-4-3-12(11-15(14)27-2)5-8-20-16(23)6-9-22-18(24)17-13(7-10-28-17)21-19(22)25/h3-4,7,10-11H,5-6,8-9H2,1-2H3,(H,20,23)(H,21,25). The summed E-state index contributed by atoms with van der Waals surface area (Å²) in [6.45, 7) is 0.466. The highest BCUT2D eigenvalue weighted by atomic mass is 32.1. The molecule has 0 atom stereocenters. The molecule has 1 amide bonds. The first-order valence-electron chi connectivity index (χ1n) is 8.71. The van der Waals surface area contributed by atoms with Crippen molar-refractivity contribution in [3.05, 3.63) is 56.0 Å². The normalized spacial score (nSPS) is 10.8. The monoisotopic (exact) mass is 403 g/mol. The molecule has 0 bridgehead atoms. The lowest BCUT2D eigenvalue weighted by molar-refractivity contribution is -0.121. The Morgan fingerprint density at radius 3 is 2.71 bits per heavy atom. The van der Waals surface area contributed by atoms with Gasteiger partial charge >= 0.3 is 5.69 Å². The first kappa shape index (κ1) is 19.7. The smallest absolute Gasteiger partial charge is 0.328 e. The number of hydrogen-bond donors (Lipinski definition) is 2. The Bertz CT molecular complexity index is 1100. The predicted molar refractivity (Wildman–Crippen MR) is 108 cm³/mol. The van der Waals surface area contributed by atoms with Crippen molar-refractivity contribution in [1.29, 1.82) is 0 Å². The largest absolute Gasteiger partial charge is 0.493 e. The van der Waals surface area contributed by atoms with Gasteiger partial charge in [0.1, 0.15) is 4.70 Å². The second-order valence-corrected chi connectivity index (χ2v) is 7.01. The van der Waals surface area contributed by atoms with Gasteiger partial charge in [0, 0.05) is 19.5 Å². The van der Waals surface area contributed by atoms with Crippen LogP contribution in [0, 0.1) is 0 Å². The third-order valence-electron chi connectivity index (χ3n) is 4.34. The molecule has 0 fully saturated rings. The number of rotatable bonds is 8. The number of benzene rings is 1. The van der Waals surface area contributed by atoms with Crippen LogP contribution in [0.2, 0.25) is 0 Å². The number of aromatic nitrogens is 2. The number of thiophene rings is 1. The molecule has 2 aromatic heterocycles. The minimum atomic E-state index is -0.506. The van der Waals surface area contributed by atoms with Gasteiger partial charge in [-0.1, -0.05) is 6.07 Å². The van der Waals surface area contributed by atoms with E-state index in [-0.39, 0.29) is 24.4 Å². The molecular formula is C19H21N3O5S. The number of amides is 1. The van der Waals surface area contributed by atoms with E-state index < -0.39 is 5.69 Å². The fourth-order valence-corrected chi connectivity index (χ4v) is 3.66. The van der Waals surface area contributed by atoms with Crippen LogP contribution in [0.3, 0.4) is 0 Å².